The van der Waals surface area contributed by atoms with Crippen LogP contribution in [0.25, 0.3) is 0 Å². The van der Waals surface area contributed by atoms with Crippen LogP contribution < -0.4 is 51.4 Å². The van der Waals surface area contributed by atoms with Crippen LogP contribution in [-0.4, -0.2) is 24.7 Å². The van der Waals surface area contributed by atoms with E-state index in [1.54, 1.807) is 6.92 Å². The van der Waals surface area contributed by atoms with Crippen LogP contribution in [0.3, 0.4) is 0 Å². The zero-order valence-electron chi connectivity index (χ0n) is 6.38. The molecule has 0 aromatic carbocycles. The van der Waals surface area contributed by atoms with Gasteiger partial charge in [0.15, 0.2) is 0 Å². The van der Waals surface area contributed by atoms with Gasteiger partial charge in [0.2, 0.25) is 0 Å². The van der Waals surface area contributed by atoms with Gasteiger partial charge in [-0.1, -0.05) is 13.4 Å². The molecule has 0 aromatic heterocycles. The van der Waals surface area contributed by atoms with Crippen LogP contribution in [-0.2, 0) is 14.3 Å². The molecule has 0 radical (unpaired) electrons. The van der Waals surface area contributed by atoms with Crippen LogP contribution in [0.1, 0.15) is 13.3 Å². The number of carbonyl (C=O) groups excluding carboxylic acids is 1. The first-order valence-electron chi connectivity index (χ1n) is 2.30. The van der Waals surface area contributed by atoms with E-state index in [4.69, 9.17) is 9.90 Å². The Hall–Kier alpha value is 0.576. The Bertz CT molecular complexity index is 83.7. The second-order valence-corrected chi connectivity index (χ2v) is 1.03. The molecule has 1 N–H and O–H groups in total. The molecule has 0 spiro atoms. The first kappa shape index (κ1) is 16.9. The van der Waals surface area contributed by atoms with Gasteiger partial charge in [-0.05, 0) is 0 Å². The average molecular weight is 172 g/mol. The van der Waals surface area contributed by atoms with Gasteiger partial charge >= 0.3 is 57.4 Å². The van der Waals surface area contributed by atoms with Gasteiger partial charge in [-0.25, -0.2) is 0 Å². The fourth-order valence-electron chi connectivity index (χ4n) is 0. The summed E-state index contributed by atoms with van der Waals surface area (Å²) in [6.07, 6.45) is 0.222. The molecule has 0 saturated carbocycles. The SMILES string of the molecule is CCC(=O)O.CO[C-]=O.[K+]. The molecule has 0 amide bonds. The van der Waals surface area contributed by atoms with E-state index in [1.807, 2.05) is 0 Å². The largest absolute Gasteiger partial charge is 1.00 e. The molecule has 0 rings (SSSR count). The summed E-state index contributed by atoms with van der Waals surface area (Å²) in [5, 5.41) is 7.72. The number of ether oxygens (including phenoxy) is 1. The minimum absolute atomic E-state index is 0. The third-order valence-corrected chi connectivity index (χ3v) is 0.386. The molecule has 54 valence electrons. The van der Waals surface area contributed by atoms with E-state index >= 15 is 0 Å². The molecule has 0 saturated heterocycles. The van der Waals surface area contributed by atoms with E-state index in [1.165, 1.54) is 13.6 Å². The molecular weight excluding hydrogens is 163 g/mol. The first-order chi connectivity index (χ1) is 4.18. The Balaban J connectivity index is -0.0000000910. The summed E-state index contributed by atoms with van der Waals surface area (Å²) in [6, 6.07) is 0. The minimum Gasteiger partial charge on any atom is -0.655 e. The molecule has 0 atom stereocenters. The van der Waals surface area contributed by atoms with Gasteiger partial charge in [-0.3, -0.25) is 4.79 Å². The predicted octanol–water partition coefficient (Wildman–Crippen LogP) is -2.81. The molecule has 0 fully saturated rings. The molecule has 0 unspecified atom stereocenters. The Labute approximate surface area is 102 Å². The normalized spacial score (nSPS) is 5.80. The van der Waals surface area contributed by atoms with Gasteiger partial charge < -0.3 is 14.6 Å². The number of aliphatic carboxylic acids is 1. The van der Waals surface area contributed by atoms with E-state index < -0.39 is 5.97 Å². The zero-order valence-corrected chi connectivity index (χ0v) is 9.50. The third-order valence-electron chi connectivity index (χ3n) is 0.386. The zero-order chi connectivity index (χ0) is 7.70. The van der Waals surface area contributed by atoms with Crippen molar-refractivity contribution in [3.63, 3.8) is 0 Å². The van der Waals surface area contributed by atoms with Gasteiger partial charge in [-0.15, -0.1) is 0 Å². The van der Waals surface area contributed by atoms with Gasteiger partial charge in [0.1, 0.15) is 0 Å². The molecular formula is C5H9KO4. The van der Waals surface area contributed by atoms with Crippen molar-refractivity contribution in [3.8, 4) is 0 Å². The maximum absolute atomic E-state index is 9.37. The smallest absolute Gasteiger partial charge is 0.655 e. The number of rotatable bonds is 2. The summed E-state index contributed by atoms with van der Waals surface area (Å²) in [5.74, 6) is -0.745. The third kappa shape index (κ3) is 38.5. The average Bonchev–Trinajstić information content (AvgIpc) is 1.89. The molecule has 4 nitrogen and oxygen atoms in total. The Morgan fingerprint density at radius 3 is 1.90 bits per heavy atom. The maximum atomic E-state index is 9.37. The van der Waals surface area contributed by atoms with Crippen LogP contribution in [0.15, 0.2) is 0 Å². The molecule has 0 aliphatic heterocycles. The summed E-state index contributed by atoms with van der Waals surface area (Å²) < 4.78 is 3.74. The molecule has 0 aliphatic rings. The maximum Gasteiger partial charge on any atom is 1.00 e. The van der Waals surface area contributed by atoms with Gasteiger partial charge in [0.05, 0.1) is 0 Å². The van der Waals surface area contributed by atoms with Crippen molar-refractivity contribution in [1.29, 1.82) is 0 Å². The first-order valence-corrected chi connectivity index (χ1v) is 2.30. The Kier molecular flexibility index (Phi) is 27.5. The monoisotopic (exact) mass is 172 g/mol. The summed E-state index contributed by atoms with van der Waals surface area (Å²) in [5.41, 5.74) is 0. The molecule has 0 bridgehead atoms. The summed E-state index contributed by atoms with van der Waals surface area (Å²) in [4.78, 5) is 18.2. The number of carbonyl (C=O) groups is 1. The number of methoxy groups -OCH3 is 1. The van der Waals surface area contributed by atoms with Crippen molar-refractivity contribution in [3.05, 3.63) is 0 Å². The predicted molar refractivity (Wildman–Crippen MR) is 30.6 cm³/mol. The number of hydrogen-bond donors (Lipinski definition) is 1. The second-order valence-electron chi connectivity index (χ2n) is 1.03. The van der Waals surface area contributed by atoms with E-state index in [2.05, 4.69) is 4.74 Å². The van der Waals surface area contributed by atoms with Crippen LogP contribution >= 0.6 is 0 Å². The number of hydrogen-bond acceptors (Lipinski definition) is 3. The van der Waals surface area contributed by atoms with E-state index in [-0.39, 0.29) is 57.8 Å². The Morgan fingerprint density at radius 2 is 1.90 bits per heavy atom. The van der Waals surface area contributed by atoms with E-state index in [0.717, 1.165) is 0 Å². The molecule has 10 heavy (non-hydrogen) atoms. The number of carboxylic acids is 1. The van der Waals surface area contributed by atoms with Crippen molar-refractivity contribution < 1.29 is 70.8 Å². The van der Waals surface area contributed by atoms with Crippen molar-refractivity contribution in [1.82, 2.24) is 0 Å². The van der Waals surface area contributed by atoms with E-state index in [9.17, 15) is 4.79 Å². The fraction of sp³-hybridized carbons (Fsp3) is 0.600. The number of carboxylic acid groups (broad SMARTS) is 1. The van der Waals surface area contributed by atoms with Crippen molar-refractivity contribution in [2.45, 2.75) is 13.3 Å². The Morgan fingerprint density at radius 1 is 1.70 bits per heavy atom. The second kappa shape index (κ2) is 16.3. The molecule has 0 aromatic rings. The summed E-state index contributed by atoms with van der Waals surface area (Å²) >= 11 is 0. The van der Waals surface area contributed by atoms with Gasteiger partial charge in [0.25, 0.3) is 0 Å². The minimum atomic E-state index is -0.745. The van der Waals surface area contributed by atoms with Crippen molar-refractivity contribution >= 4 is 12.4 Å². The van der Waals surface area contributed by atoms with Crippen LogP contribution in [0.5, 0.6) is 0 Å². The molecule has 0 heterocycles. The topological polar surface area (TPSA) is 63.6 Å². The van der Waals surface area contributed by atoms with Crippen molar-refractivity contribution in [2.24, 2.45) is 0 Å². The molecule has 0 aliphatic carbocycles. The van der Waals surface area contributed by atoms with Crippen molar-refractivity contribution in [2.75, 3.05) is 7.11 Å². The van der Waals surface area contributed by atoms with Gasteiger partial charge in [-0.2, -0.15) is 0 Å². The van der Waals surface area contributed by atoms with Crippen LogP contribution in [0.2, 0.25) is 0 Å². The quantitative estimate of drug-likeness (QED) is 0.360. The molecule has 5 heteroatoms. The van der Waals surface area contributed by atoms with E-state index in [0.29, 0.717) is 0 Å². The fourth-order valence-corrected chi connectivity index (χ4v) is 0. The van der Waals surface area contributed by atoms with Crippen LogP contribution in [0.4, 0.5) is 0 Å². The summed E-state index contributed by atoms with van der Waals surface area (Å²) in [6.45, 7) is 2.78. The standard InChI is InChI=1S/C3H6O2.C2H3O2.K/c1-2-3(4)5;1-4-2-3;/h2H2,1H3,(H,4,5);1H3;/q;-1;+1. The van der Waals surface area contributed by atoms with Gasteiger partial charge in [0, 0.05) is 13.5 Å². The van der Waals surface area contributed by atoms with Crippen LogP contribution in [0, 0.1) is 0 Å². The summed E-state index contributed by atoms with van der Waals surface area (Å²) in [7, 11) is 1.26.